The standard InChI is InChI=1S/C27H22N2O4S/c1-16-10-12-18(30)14-25(16)34(32,33)29-23-15-22(27(28)21-9-5-4-8-20(21)23)26-19-7-3-2-6-17(19)11-13-24(26)31/h2-15,29-31H,28H2,1H3. The predicted molar refractivity (Wildman–Crippen MR) is 137 cm³/mol. The summed E-state index contributed by atoms with van der Waals surface area (Å²) in [5.74, 6) is -0.104. The lowest BCUT2D eigenvalue weighted by Crippen LogP contribution is -2.15. The van der Waals surface area contributed by atoms with Gasteiger partial charge in [0.2, 0.25) is 0 Å². The average Bonchev–Trinajstić information content (AvgIpc) is 2.82. The molecule has 34 heavy (non-hydrogen) atoms. The Kier molecular flexibility index (Phi) is 5.06. The molecule has 0 heterocycles. The van der Waals surface area contributed by atoms with E-state index in [-0.39, 0.29) is 16.4 Å². The summed E-state index contributed by atoms with van der Waals surface area (Å²) in [6.07, 6.45) is 0. The molecule has 0 saturated carbocycles. The van der Waals surface area contributed by atoms with Gasteiger partial charge < -0.3 is 15.9 Å². The molecule has 5 rings (SSSR count). The van der Waals surface area contributed by atoms with E-state index < -0.39 is 10.0 Å². The van der Waals surface area contributed by atoms with Crippen LogP contribution in [0, 0.1) is 6.92 Å². The Bertz CT molecular complexity index is 1700. The molecular weight excluding hydrogens is 448 g/mol. The molecule has 5 aromatic carbocycles. The zero-order chi connectivity index (χ0) is 24.0. The highest BCUT2D eigenvalue weighted by atomic mass is 32.2. The largest absolute Gasteiger partial charge is 0.508 e. The van der Waals surface area contributed by atoms with Crippen LogP contribution >= 0.6 is 0 Å². The van der Waals surface area contributed by atoms with Gasteiger partial charge in [-0.1, -0.05) is 60.7 Å². The maximum absolute atomic E-state index is 13.3. The SMILES string of the molecule is Cc1ccc(O)cc1S(=O)(=O)Nc1cc(-c2c(O)ccc3ccccc23)c(N)c2ccccc12. The van der Waals surface area contributed by atoms with Crippen molar-refractivity contribution in [2.24, 2.45) is 0 Å². The third-order valence-electron chi connectivity index (χ3n) is 5.97. The molecule has 5 N–H and O–H groups in total. The number of hydrogen-bond donors (Lipinski definition) is 4. The minimum Gasteiger partial charge on any atom is -0.508 e. The van der Waals surface area contributed by atoms with Crippen molar-refractivity contribution >= 4 is 42.9 Å². The number of phenolic OH excluding ortho intramolecular Hbond substituents is 2. The number of sulfonamides is 1. The van der Waals surface area contributed by atoms with Crippen molar-refractivity contribution < 1.29 is 18.6 Å². The Morgan fingerprint density at radius 1 is 0.794 bits per heavy atom. The summed E-state index contributed by atoms with van der Waals surface area (Å²) in [4.78, 5) is -0.0250. The number of nitrogens with two attached hydrogens (primary N) is 1. The highest BCUT2D eigenvalue weighted by molar-refractivity contribution is 7.92. The van der Waals surface area contributed by atoms with Crippen LogP contribution < -0.4 is 10.5 Å². The molecule has 7 heteroatoms. The van der Waals surface area contributed by atoms with E-state index in [0.29, 0.717) is 38.8 Å². The van der Waals surface area contributed by atoms with Crippen molar-refractivity contribution in [3.63, 3.8) is 0 Å². The van der Waals surface area contributed by atoms with Gasteiger partial charge in [0, 0.05) is 33.7 Å². The van der Waals surface area contributed by atoms with Gasteiger partial charge in [0.05, 0.1) is 10.6 Å². The third-order valence-corrected chi connectivity index (χ3v) is 7.48. The first-order valence-electron chi connectivity index (χ1n) is 10.6. The molecule has 0 aliphatic carbocycles. The fourth-order valence-corrected chi connectivity index (χ4v) is 5.65. The van der Waals surface area contributed by atoms with Crippen LogP contribution in [0.4, 0.5) is 11.4 Å². The van der Waals surface area contributed by atoms with E-state index in [2.05, 4.69) is 4.72 Å². The fourth-order valence-electron chi connectivity index (χ4n) is 4.31. The van der Waals surface area contributed by atoms with E-state index in [4.69, 9.17) is 5.73 Å². The Balaban J connectivity index is 1.78. The lowest BCUT2D eigenvalue weighted by Gasteiger charge is -2.18. The Morgan fingerprint density at radius 2 is 1.47 bits per heavy atom. The van der Waals surface area contributed by atoms with Gasteiger partial charge in [0.1, 0.15) is 11.5 Å². The molecule has 6 nitrogen and oxygen atoms in total. The topological polar surface area (TPSA) is 113 Å². The van der Waals surface area contributed by atoms with Gasteiger partial charge in [-0.3, -0.25) is 4.72 Å². The molecule has 0 fully saturated rings. The summed E-state index contributed by atoms with van der Waals surface area (Å²) >= 11 is 0. The fraction of sp³-hybridized carbons (Fsp3) is 0.0370. The summed E-state index contributed by atoms with van der Waals surface area (Å²) in [6, 6.07) is 24.1. The number of rotatable bonds is 4. The Labute approximate surface area is 197 Å². The highest BCUT2D eigenvalue weighted by Crippen LogP contribution is 2.44. The van der Waals surface area contributed by atoms with Crippen LogP contribution in [0.1, 0.15) is 5.56 Å². The van der Waals surface area contributed by atoms with Crippen molar-refractivity contribution in [3.8, 4) is 22.6 Å². The van der Waals surface area contributed by atoms with E-state index in [0.717, 1.165) is 10.8 Å². The van der Waals surface area contributed by atoms with Crippen molar-refractivity contribution in [2.45, 2.75) is 11.8 Å². The number of nitrogen functional groups attached to an aromatic ring is 1. The molecule has 0 saturated heterocycles. The maximum atomic E-state index is 13.3. The second kappa shape index (κ2) is 7.97. The minimum absolute atomic E-state index is 0.0250. The van der Waals surface area contributed by atoms with Crippen LogP contribution in [0.3, 0.4) is 0 Å². The van der Waals surface area contributed by atoms with Crippen LogP contribution in [0.2, 0.25) is 0 Å². The number of phenols is 2. The van der Waals surface area contributed by atoms with Crippen molar-refractivity contribution in [1.82, 2.24) is 0 Å². The van der Waals surface area contributed by atoms with Crippen LogP contribution in [-0.2, 0) is 10.0 Å². The van der Waals surface area contributed by atoms with Crippen LogP contribution in [0.15, 0.2) is 89.8 Å². The number of benzene rings is 5. The molecule has 0 atom stereocenters. The maximum Gasteiger partial charge on any atom is 0.262 e. The van der Waals surface area contributed by atoms with E-state index in [9.17, 15) is 18.6 Å². The molecule has 0 aliphatic heterocycles. The summed E-state index contributed by atoms with van der Waals surface area (Å²) < 4.78 is 29.3. The molecule has 0 aromatic heterocycles. The van der Waals surface area contributed by atoms with E-state index in [1.165, 1.54) is 12.1 Å². The molecular formula is C27H22N2O4S. The van der Waals surface area contributed by atoms with Crippen LogP contribution in [-0.4, -0.2) is 18.6 Å². The Morgan fingerprint density at radius 3 is 2.24 bits per heavy atom. The van der Waals surface area contributed by atoms with Gasteiger partial charge in [-0.2, -0.15) is 0 Å². The molecule has 0 bridgehead atoms. The van der Waals surface area contributed by atoms with E-state index in [1.807, 2.05) is 42.5 Å². The van der Waals surface area contributed by atoms with Gasteiger partial charge in [-0.15, -0.1) is 0 Å². The van der Waals surface area contributed by atoms with Gasteiger partial charge >= 0.3 is 0 Å². The third kappa shape index (κ3) is 3.56. The molecule has 0 spiro atoms. The van der Waals surface area contributed by atoms with E-state index in [1.54, 1.807) is 37.3 Å². The van der Waals surface area contributed by atoms with E-state index >= 15 is 0 Å². The zero-order valence-electron chi connectivity index (χ0n) is 18.3. The second-order valence-corrected chi connectivity index (χ2v) is 9.82. The molecule has 0 aliphatic rings. The van der Waals surface area contributed by atoms with Crippen molar-refractivity contribution in [3.05, 3.63) is 90.5 Å². The van der Waals surface area contributed by atoms with Crippen molar-refractivity contribution in [1.29, 1.82) is 0 Å². The minimum atomic E-state index is -4.04. The number of aryl methyl sites for hydroxylation is 1. The van der Waals surface area contributed by atoms with Gasteiger partial charge in [0.25, 0.3) is 10.0 Å². The van der Waals surface area contributed by atoms with Gasteiger partial charge in [-0.05, 0) is 41.5 Å². The first-order chi connectivity index (χ1) is 16.3. The molecule has 0 radical (unpaired) electrons. The summed E-state index contributed by atoms with van der Waals surface area (Å²) in [5.41, 5.74) is 8.85. The van der Waals surface area contributed by atoms with Gasteiger partial charge in [-0.25, -0.2) is 8.42 Å². The first-order valence-corrected chi connectivity index (χ1v) is 12.1. The monoisotopic (exact) mass is 470 g/mol. The van der Waals surface area contributed by atoms with Crippen molar-refractivity contribution in [2.75, 3.05) is 10.5 Å². The number of nitrogens with one attached hydrogen (secondary N) is 1. The summed E-state index contributed by atoms with van der Waals surface area (Å²) in [6.45, 7) is 1.66. The first kappa shape index (κ1) is 21.6. The van der Waals surface area contributed by atoms with Gasteiger partial charge in [0.15, 0.2) is 0 Å². The molecule has 5 aromatic rings. The normalized spacial score (nSPS) is 11.7. The lowest BCUT2D eigenvalue weighted by molar-refractivity contribution is 0.473. The number of fused-ring (bicyclic) bond motifs is 2. The molecule has 170 valence electrons. The zero-order valence-corrected chi connectivity index (χ0v) is 19.1. The summed E-state index contributed by atoms with van der Waals surface area (Å²) in [7, 11) is -4.04. The number of aromatic hydroxyl groups is 2. The average molecular weight is 471 g/mol. The smallest absolute Gasteiger partial charge is 0.262 e. The molecule has 0 amide bonds. The Hall–Kier alpha value is -4.23. The quantitative estimate of drug-likeness (QED) is 0.249. The second-order valence-electron chi connectivity index (χ2n) is 8.17. The number of anilines is 2. The highest BCUT2D eigenvalue weighted by Gasteiger charge is 2.22. The number of hydrogen-bond acceptors (Lipinski definition) is 5. The molecule has 0 unspecified atom stereocenters. The lowest BCUT2D eigenvalue weighted by atomic mass is 9.93. The van der Waals surface area contributed by atoms with Crippen LogP contribution in [0.5, 0.6) is 11.5 Å². The summed E-state index contributed by atoms with van der Waals surface area (Å²) in [5, 5.41) is 23.6. The predicted octanol–water partition coefficient (Wildman–Crippen LogP) is 5.76. The van der Waals surface area contributed by atoms with Crippen LogP contribution in [0.25, 0.3) is 32.7 Å².